The molecule has 0 aromatic heterocycles. The number of thioether (sulfide) groups is 1. The summed E-state index contributed by atoms with van der Waals surface area (Å²) in [7, 11) is 3.72. The van der Waals surface area contributed by atoms with E-state index in [1.165, 1.54) is 11.0 Å². The maximum Gasteiger partial charge on any atom is 0.416 e. The summed E-state index contributed by atoms with van der Waals surface area (Å²) in [5.41, 5.74) is -0.461. The molecule has 2 rings (SSSR count). The van der Waals surface area contributed by atoms with Crippen LogP contribution in [0.4, 0.5) is 18.9 Å². The van der Waals surface area contributed by atoms with Crippen LogP contribution >= 0.6 is 11.8 Å². The molecule has 1 amide bonds. The number of carbonyl (C=O) groups excluding carboxylic acids is 1. The number of nitrogens with zero attached hydrogens (tertiary/aromatic N) is 2. The van der Waals surface area contributed by atoms with Crippen molar-refractivity contribution in [2.75, 3.05) is 43.7 Å². The van der Waals surface area contributed by atoms with Crippen molar-refractivity contribution in [1.82, 2.24) is 10.2 Å². The smallest absolute Gasteiger partial charge is 0.310 e. The molecule has 1 fully saturated rings. The normalized spacial score (nSPS) is 18.4. The van der Waals surface area contributed by atoms with E-state index in [4.69, 9.17) is 0 Å². The molecule has 1 N–H and O–H groups in total. The summed E-state index contributed by atoms with van der Waals surface area (Å²) >= 11 is 1.61. The van der Waals surface area contributed by atoms with Crippen molar-refractivity contribution in [3.05, 3.63) is 29.8 Å². The number of hydrogen-bond acceptors (Lipinski definition) is 4. The fourth-order valence-corrected chi connectivity index (χ4v) is 3.19. The van der Waals surface area contributed by atoms with Gasteiger partial charge in [-0.3, -0.25) is 10.1 Å². The summed E-state index contributed by atoms with van der Waals surface area (Å²) in [5, 5.41) is 3.08. The summed E-state index contributed by atoms with van der Waals surface area (Å²) in [6, 6.07) is 4.59. The number of alkyl halides is 3. The van der Waals surface area contributed by atoms with E-state index in [2.05, 4.69) is 5.32 Å². The van der Waals surface area contributed by atoms with Crippen molar-refractivity contribution >= 4 is 23.4 Å². The quantitative estimate of drug-likeness (QED) is 0.886. The first-order valence-corrected chi connectivity index (χ1v) is 8.39. The van der Waals surface area contributed by atoms with Crippen LogP contribution in [0, 0.1) is 0 Å². The molecule has 0 aliphatic carbocycles. The number of hydrogen-bond donors (Lipinski definition) is 1. The standard InChI is InChI=1S/C15H20F3N3OS/c1-20(2)6-7-21(14(22)13-9-23-10-19-13)12-5-3-4-11(8-12)15(16,17)18/h3-5,8,13,19H,6-7,9-10H2,1-2H3. The van der Waals surface area contributed by atoms with Gasteiger partial charge in [-0.1, -0.05) is 6.07 Å². The van der Waals surface area contributed by atoms with Gasteiger partial charge in [0.25, 0.3) is 0 Å². The third kappa shape index (κ3) is 4.86. The van der Waals surface area contributed by atoms with Gasteiger partial charge in [0.1, 0.15) is 0 Å². The molecule has 1 aliphatic heterocycles. The highest BCUT2D eigenvalue weighted by Crippen LogP contribution is 2.32. The van der Waals surface area contributed by atoms with E-state index < -0.39 is 11.7 Å². The van der Waals surface area contributed by atoms with E-state index in [0.717, 1.165) is 12.1 Å². The van der Waals surface area contributed by atoms with Crippen molar-refractivity contribution in [1.29, 1.82) is 0 Å². The molecule has 0 radical (unpaired) electrons. The minimum atomic E-state index is -4.42. The molecule has 4 nitrogen and oxygen atoms in total. The monoisotopic (exact) mass is 347 g/mol. The van der Waals surface area contributed by atoms with Crippen LogP contribution in [0.3, 0.4) is 0 Å². The van der Waals surface area contributed by atoms with Crippen molar-refractivity contribution in [3.8, 4) is 0 Å². The summed E-state index contributed by atoms with van der Waals surface area (Å²) in [4.78, 5) is 16.0. The second-order valence-corrected chi connectivity index (χ2v) is 6.64. The minimum Gasteiger partial charge on any atom is -0.310 e. The molecule has 1 atom stereocenters. The van der Waals surface area contributed by atoms with Gasteiger partial charge < -0.3 is 9.80 Å². The van der Waals surface area contributed by atoms with Crippen LogP contribution < -0.4 is 10.2 Å². The van der Waals surface area contributed by atoms with E-state index >= 15 is 0 Å². The molecule has 0 spiro atoms. The van der Waals surface area contributed by atoms with Gasteiger partial charge in [-0.05, 0) is 32.3 Å². The van der Waals surface area contributed by atoms with Gasteiger partial charge in [0.2, 0.25) is 5.91 Å². The predicted molar refractivity (Wildman–Crippen MR) is 86.6 cm³/mol. The molecular formula is C15H20F3N3OS. The van der Waals surface area contributed by atoms with Crippen LogP contribution in [0.25, 0.3) is 0 Å². The van der Waals surface area contributed by atoms with Crippen LogP contribution in [0.5, 0.6) is 0 Å². The highest BCUT2D eigenvalue weighted by Gasteiger charge is 2.32. The Hall–Kier alpha value is -1.25. The lowest BCUT2D eigenvalue weighted by Crippen LogP contribution is -2.47. The third-order valence-electron chi connectivity index (χ3n) is 3.54. The summed E-state index contributed by atoms with van der Waals surface area (Å²) in [6.45, 7) is 0.915. The van der Waals surface area contributed by atoms with E-state index in [1.807, 2.05) is 19.0 Å². The van der Waals surface area contributed by atoms with Crippen molar-refractivity contribution in [2.45, 2.75) is 12.2 Å². The highest BCUT2D eigenvalue weighted by atomic mass is 32.2. The lowest BCUT2D eigenvalue weighted by molar-refractivity contribution is -0.137. The second kappa shape index (κ2) is 7.55. The Morgan fingerprint density at radius 3 is 2.65 bits per heavy atom. The van der Waals surface area contributed by atoms with E-state index in [1.54, 1.807) is 17.8 Å². The Morgan fingerprint density at radius 2 is 2.09 bits per heavy atom. The number of benzene rings is 1. The first-order chi connectivity index (χ1) is 10.8. The summed E-state index contributed by atoms with van der Waals surface area (Å²) in [6.07, 6.45) is -4.42. The maximum absolute atomic E-state index is 12.9. The Labute approximate surface area is 138 Å². The Morgan fingerprint density at radius 1 is 1.35 bits per heavy atom. The lowest BCUT2D eigenvalue weighted by Gasteiger charge is -2.27. The van der Waals surface area contributed by atoms with Gasteiger partial charge in [-0.25, -0.2) is 0 Å². The molecule has 1 heterocycles. The largest absolute Gasteiger partial charge is 0.416 e. The van der Waals surface area contributed by atoms with Crippen LogP contribution in [0.2, 0.25) is 0 Å². The fourth-order valence-electron chi connectivity index (χ4n) is 2.26. The number of nitrogens with one attached hydrogen (secondary N) is 1. The van der Waals surface area contributed by atoms with E-state index in [9.17, 15) is 18.0 Å². The number of anilines is 1. The summed E-state index contributed by atoms with van der Waals surface area (Å²) < 4.78 is 38.8. The molecule has 1 unspecified atom stereocenters. The molecule has 1 aromatic carbocycles. The van der Waals surface area contributed by atoms with Gasteiger partial charge in [0.15, 0.2) is 0 Å². The molecule has 1 aliphatic rings. The molecular weight excluding hydrogens is 327 g/mol. The van der Waals surface area contributed by atoms with Gasteiger partial charge in [0, 0.05) is 30.4 Å². The number of carbonyl (C=O) groups is 1. The fraction of sp³-hybridized carbons (Fsp3) is 0.533. The topological polar surface area (TPSA) is 35.6 Å². The van der Waals surface area contributed by atoms with Crippen LogP contribution in [0.1, 0.15) is 5.56 Å². The Balaban J connectivity index is 2.27. The van der Waals surface area contributed by atoms with Crippen LogP contribution in [-0.2, 0) is 11.0 Å². The zero-order valence-corrected chi connectivity index (χ0v) is 13.9. The number of halogens is 3. The number of likely N-dealkylation sites (N-methyl/N-ethyl adjacent to an activating group) is 1. The number of rotatable bonds is 5. The molecule has 23 heavy (non-hydrogen) atoms. The molecule has 1 aromatic rings. The number of amides is 1. The molecule has 0 saturated carbocycles. The predicted octanol–water partition coefficient (Wildman–Crippen LogP) is 2.26. The van der Waals surface area contributed by atoms with Gasteiger partial charge >= 0.3 is 6.18 Å². The first-order valence-electron chi connectivity index (χ1n) is 7.23. The maximum atomic E-state index is 12.9. The zero-order chi connectivity index (χ0) is 17.0. The highest BCUT2D eigenvalue weighted by molar-refractivity contribution is 7.99. The van der Waals surface area contributed by atoms with Crippen molar-refractivity contribution < 1.29 is 18.0 Å². The van der Waals surface area contributed by atoms with Gasteiger partial charge in [-0.2, -0.15) is 13.2 Å². The first kappa shape index (κ1) is 18.1. The van der Waals surface area contributed by atoms with Crippen LogP contribution in [-0.4, -0.2) is 55.7 Å². The Kier molecular flexibility index (Phi) is 5.94. The molecule has 0 bridgehead atoms. The van der Waals surface area contributed by atoms with Gasteiger partial charge in [0.05, 0.1) is 11.6 Å². The zero-order valence-electron chi connectivity index (χ0n) is 13.1. The van der Waals surface area contributed by atoms with Crippen molar-refractivity contribution in [3.63, 3.8) is 0 Å². The summed E-state index contributed by atoms with van der Waals surface area (Å²) in [5.74, 6) is 1.13. The minimum absolute atomic E-state index is 0.184. The average Bonchev–Trinajstić information content (AvgIpc) is 3.00. The third-order valence-corrected chi connectivity index (χ3v) is 4.48. The van der Waals surface area contributed by atoms with Crippen molar-refractivity contribution in [2.24, 2.45) is 0 Å². The van der Waals surface area contributed by atoms with E-state index in [0.29, 0.717) is 24.7 Å². The Bertz CT molecular complexity index is 545. The molecule has 8 heteroatoms. The molecule has 1 saturated heterocycles. The SMILES string of the molecule is CN(C)CCN(C(=O)C1CSCN1)c1cccc(C(F)(F)F)c1. The average molecular weight is 347 g/mol. The van der Waals surface area contributed by atoms with Crippen LogP contribution in [0.15, 0.2) is 24.3 Å². The van der Waals surface area contributed by atoms with Gasteiger partial charge in [-0.15, -0.1) is 11.8 Å². The molecule has 128 valence electrons. The van der Waals surface area contributed by atoms with E-state index in [-0.39, 0.29) is 17.6 Å². The second-order valence-electron chi connectivity index (χ2n) is 5.61. The lowest BCUT2D eigenvalue weighted by atomic mass is 10.1.